The fraction of sp³-hybridized carbons (Fsp3) is 0.800. The molecular formula is C10H21N5S. The minimum absolute atomic E-state index is 0.554. The highest BCUT2D eigenvalue weighted by Crippen LogP contribution is 2.17. The SMILES string of the molecule is CC(C)CC(C)N(C)Cc1nnc(NN)s1. The molecule has 3 N–H and O–H groups in total. The van der Waals surface area contributed by atoms with Gasteiger partial charge in [-0.1, -0.05) is 25.2 Å². The zero-order valence-electron chi connectivity index (χ0n) is 10.4. The van der Waals surface area contributed by atoms with Gasteiger partial charge in [-0.05, 0) is 26.3 Å². The summed E-state index contributed by atoms with van der Waals surface area (Å²) in [7, 11) is 2.12. The van der Waals surface area contributed by atoms with E-state index in [2.05, 4.69) is 48.3 Å². The van der Waals surface area contributed by atoms with Gasteiger partial charge in [0.1, 0.15) is 5.01 Å². The van der Waals surface area contributed by atoms with E-state index in [1.807, 2.05) is 0 Å². The molecule has 0 fully saturated rings. The minimum Gasteiger partial charge on any atom is -0.298 e. The second kappa shape index (κ2) is 6.12. The Bertz CT molecular complexity index is 312. The van der Waals surface area contributed by atoms with Crippen molar-refractivity contribution in [1.82, 2.24) is 15.1 Å². The lowest BCUT2D eigenvalue weighted by Gasteiger charge is -2.24. The number of hydrogen-bond donors (Lipinski definition) is 2. The molecule has 1 rings (SSSR count). The molecule has 0 radical (unpaired) electrons. The Morgan fingerprint density at radius 2 is 2.06 bits per heavy atom. The maximum atomic E-state index is 5.26. The lowest BCUT2D eigenvalue weighted by atomic mass is 10.0. The summed E-state index contributed by atoms with van der Waals surface area (Å²) in [6.45, 7) is 7.55. The van der Waals surface area contributed by atoms with Crippen LogP contribution >= 0.6 is 11.3 Å². The van der Waals surface area contributed by atoms with E-state index >= 15 is 0 Å². The average Bonchev–Trinajstić information content (AvgIpc) is 2.64. The third-order valence-corrected chi connectivity index (χ3v) is 3.38. The van der Waals surface area contributed by atoms with Gasteiger partial charge in [0.25, 0.3) is 0 Å². The number of nitrogens with zero attached hydrogens (tertiary/aromatic N) is 3. The van der Waals surface area contributed by atoms with Gasteiger partial charge in [0, 0.05) is 6.04 Å². The highest BCUT2D eigenvalue weighted by Gasteiger charge is 2.13. The van der Waals surface area contributed by atoms with Gasteiger partial charge in [-0.3, -0.25) is 10.3 Å². The van der Waals surface area contributed by atoms with Crippen molar-refractivity contribution in [3.63, 3.8) is 0 Å². The van der Waals surface area contributed by atoms with E-state index in [0.717, 1.165) is 11.6 Å². The standard InChI is InChI=1S/C10H21N5S/c1-7(2)5-8(3)15(4)6-9-13-14-10(12-11)16-9/h7-8H,5-6,11H2,1-4H3,(H,12,14). The fourth-order valence-electron chi connectivity index (χ4n) is 1.61. The van der Waals surface area contributed by atoms with E-state index in [1.165, 1.54) is 17.8 Å². The molecule has 0 aliphatic heterocycles. The first kappa shape index (κ1) is 13.3. The van der Waals surface area contributed by atoms with Crippen molar-refractivity contribution in [2.24, 2.45) is 11.8 Å². The maximum Gasteiger partial charge on any atom is 0.219 e. The summed E-state index contributed by atoms with van der Waals surface area (Å²) in [4.78, 5) is 2.29. The molecule has 0 saturated carbocycles. The van der Waals surface area contributed by atoms with Crippen LogP contribution in [0, 0.1) is 5.92 Å². The molecule has 1 aromatic rings. The molecule has 6 heteroatoms. The molecule has 92 valence electrons. The van der Waals surface area contributed by atoms with E-state index in [0.29, 0.717) is 17.1 Å². The Hall–Kier alpha value is -0.720. The highest BCUT2D eigenvalue weighted by molar-refractivity contribution is 7.15. The molecule has 1 atom stereocenters. The van der Waals surface area contributed by atoms with Crippen molar-refractivity contribution >= 4 is 16.5 Å². The number of nitrogens with one attached hydrogen (secondary N) is 1. The lowest BCUT2D eigenvalue weighted by Crippen LogP contribution is -2.29. The van der Waals surface area contributed by atoms with E-state index in [4.69, 9.17) is 5.84 Å². The van der Waals surface area contributed by atoms with E-state index < -0.39 is 0 Å². The van der Waals surface area contributed by atoms with Gasteiger partial charge < -0.3 is 0 Å². The molecule has 0 bridgehead atoms. The first-order valence-corrected chi connectivity index (χ1v) is 6.33. The smallest absolute Gasteiger partial charge is 0.219 e. The fourth-order valence-corrected chi connectivity index (χ4v) is 2.32. The Labute approximate surface area is 101 Å². The van der Waals surface area contributed by atoms with Crippen molar-refractivity contribution in [3.05, 3.63) is 5.01 Å². The second-order valence-electron chi connectivity index (χ2n) is 4.54. The minimum atomic E-state index is 0.554. The Morgan fingerprint density at radius 3 is 2.56 bits per heavy atom. The Kier molecular flexibility index (Phi) is 5.11. The predicted molar refractivity (Wildman–Crippen MR) is 68.1 cm³/mol. The van der Waals surface area contributed by atoms with Gasteiger partial charge >= 0.3 is 0 Å². The summed E-state index contributed by atoms with van der Waals surface area (Å²) in [5.74, 6) is 5.98. The third kappa shape index (κ3) is 4.03. The first-order valence-electron chi connectivity index (χ1n) is 5.52. The van der Waals surface area contributed by atoms with Crippen molar-refractivity contribution in [2.45, 2.75) is 39.8 Å². The normalized spacial score (nSPS) is 13.4. The van der Waals surface area contributed by atoms with Gasteiger partial charge in [0.05, 0.1) is 6.54 Å². The average molecular weight is 243 g/mol. The number of anilines is 1. The van der Waals surface area contributed by atoms with Gasteiger partial charge in [-0.2, -0.15) is 0 Å². The van der Waals surface area contributed by atoms with Crippen LogP contribution in [0.1, 0.15) is 32.2 Å². The Balaban J connectivity index is 2.46. The predicted octanol–water partition coefficient (Wildman–Crippen LogP) is 1.69. The summed E-state index contributed by atoms with van der Waals surface area (Å²) >= 11 is 1.50. The lowest BCUT2D eigenvalue weighted by molar-refractivity contribution is 0.220. The van der Waals surface area contributed by atoms with Crippen molar-refractivity contribution in [3.8, 4) is 0 Å². The van der Waals surface area contributed by atoms with E-state index in [9.17, 15) is 0 Å². The number of aromatic nitrogens is 2. The number of hydrazine groups is 1. The number of nitrogen functional groups attached to an aromatic ring is 1. The molecule has 5 nitrogen and oxygen atoms in total. The number of rotatable bonds is 6. The summed E-state index contributed by atoms with van der Waals surface area (Å²) < 4.78 is 0. The quantitative estimate of drug-likeness (QED) is 0.588. The molecule has 0 saturated heterocycles. The van der Waals surface area contributed by atoms with E-state index in [1.54, 1.807) is 0 Å². The van der Waals surface area contributed by atoms with Gasteiger partial charge in [-0.15, -0.1) is 10.2 Å². The van der Waals surface area contributed by atoms with Crippen LogP contribution in [0.4, 0.5) is 5.13 Å². The summed E-state index contributed by atoms with van der Waals surface area (Å²) in [5, 5.41) is 9.64. The molecule has 0 aromatic carbocycles. The van der Waals surface area contributed by atoms with Crippen LogP contribution in [0.2, 0.25) is 0 Å². The zero-order chi connectivity index (χ0) is 12.1. The summed E-state index contributed by atoms with van der Waals surface area (Å²) in [6, 6.07) is 0.554. The van der Waals surface area contributed by atoms with Crippen LogP contribution in [-0.2, 0) is 6.54 Å². The second-order valence-corrected chi connectivity index (χ2v) is 5.60. The molecule has 0 aliphatic carbocycles. The monoisotopic (exact) mass is 243 g/mol. The molecule has 1 unspecified atom stereocenters. The highest BCUT2D eigenvalue weighted by atomic mass is 32.1. The van der Waals surface area contributed by atoms with Crippen LogP contribution in [0.3, 0.4) is 0 Å². The maximum absolute atomic E-state index is 5.26. The molecule has 1 aromatic heterocycles. The van der Waals surface area contributed by atoms with Crippen molar-refractivity contribution in [2.75, 3.05) is 12.5 Å². The first-order chi connectivity index (χ1) is 7.52. The molecular weight excluding hydrogens is 222 g/mol. The van der Waals surface area contributed by atoms with Crippen LogP contribution in [0.5, 0.6) is 0 Å². The van der Waals surface area contributed by atoms with Gasteiger partial charge in [0.15, 0.2) is 0 Å². The summed E-state index contributed by atoms with van der Waals surface area (Å²) in [6.07, 6.45) is 1.19. The van der Waals surface area contributed by atoms with Crippen LogP contribution in [0.15, 0.2) is 0 Å². The molecule has 1 heterocycles. The molecule has 0 aliphatic rings. The summed E-state index contributed by atoms with van der Waals surface area (Å²) in [5.41, 5.74) is 2.51. The van der Waals surface area contributed by atoms with Gasteiger partial charge in [-0.25, -0.2) is 5.84 Å². The molecule has 0 amide bonds. The third-order valence-electron chi connectivity index (χ3n) is 2.54. The van der Waals surface area contributed by atoms with Crippen molar-refractivity contribution < 1.29 is 0 Å². The number of nitrogens with two attached hydrogens (primary N) is 1. The van der Waals surface area contributed by atoms with Crippen molar-refractivity contribution in [1.29, 1.82) is 0 Å². The van der Waals surface area contributed by atoms with Crippen LogP contribution in [-0.4, -0.2) is 28.2 Å². The topological polar surface area (TPSA) is 67.1 Å². The molecule has 0 spiro atoms. The number of hydrogen-bond acceptors (Lipinski definition) is 6. The zero-order valence-corrected chi connectivity index (χ0v) is 11.2. The van der Waals surface area contributed by atoms with Crippen LogP contribution in [0.25, 0.3) is 0 Å². The van der Waals surface area contributed by atoms with Crippen LogP contribution < -0.4 is 11.3 Å². The van der Waals surface area contributed by atoms with Gasteiger partial charge in [0.2, 0.25) is 5.13 Å². The largest absolute Gasteiger partial charge is 0.298 e. The molecule has 16 heavy (non-hydrogen) atoms. The van der Waals surface area contributed by atoms with E-state index in [-0.39, 0.29) is 0 Å². The Morgan fingerprint density at radius 1 is 1.38 bits per heavy atom.